The van der Waals surface area contributed by atoms with Gasteiger partial charge in [-0.2, -0.15) is 0 Å². The number of rotatable bonds is 3. The van der Waals surface area contributed by atoms with Crippen LogP contribution in [0.5, 0.6) is 0 Å². The molecule has 4 fully saturated rings. The zero-order chi connectivity index (χ0) is 16.9. The molecule has 4 rings (SSSR count). The number of aliphatic hydroxyl groups is 2. The van der Waals surface area contributed by atoms with Crippen LogP contribution in [0, 0.1) is 40.4 Å². The second-order valence-electron chi connectivity index (χ2n) is 10.2. The Morgan fingerprint density at radius 1 is 0.958 bits per heavy atom. The fourth-order valence-electron chi connectivity index (χ4n) is 8.34. The van der Waals surface area contributed by atoms with E-state index >= 15 is 0 Å². The van der Waals surface area contributed by atoms with Crippen molar-refractivity contribution in [3.63, 3.8) is 0 Å². The summed E-state index contributed by atoms with van der Waals surface area (Å²) in [6.45, 7) is 5.35. The molecule has 0 aromatic heterocycles. The lowest BCUT2D eigenvalue weighted by molar-refractivity contribution is -0.169. The van der Waals surface area contributed by atoms with Crippen molar-refractivity contribution < 1.29 is 10.2 Å². The molecule has 2 N–H and O–H groups in total. The van der Waals surface area contributed by atoms with Gasteiger partial charge in [-0.1, -0.05) is 26.7 Å². The number of hydrogen-bond donors (Lipinski definition) is 2. The van der Waals surface area contributed by atoms with E-state index in [9.17, 15) is 10.2 Å². The molecule has 0 aliphatic heterocycles. The van der Waals surface area contributed by atoms with Gasteiger partial charge in [0.25, 0.3) is 0 Å². The standard InChI is InChI=1S/C22H38O2/c1-21-12-4-3-6-15(21)8-10-17-18-11-9-16(7-5-13-23)22(18,2)14-19(24)20(17)21/h15-20,23-24H,3-14H2,1-2H3. The molecule has 4 aliphatic carbocycles. The predicted octanol–water partition coefficient (Wildman–Crippen LogP) is 4.78. The Morgan fingerprint density at radius 2 is 1.79 bits per heavy atom. The normalized spacial score (nSPS) is 54.0. The van der Waals surface area contributed by atoms with Crippen LogP contribution in [-0.2, 0) is 0 Å². The quantitative estimate of drug-likeness (QED) is 0.780. The summed E-state index contributed by atoms with van der Waals surface area (Å²) < 4.78 is 0. The Kier molecular flexibility index (Phi) is 4.53. The Hall–Kier alpha value is -0.0800. The maximum atomic E-state index is 11.3. The minimum Gasteiger partial charge on any atom is -0.396 e. The lowest BCUT2D eigenvalue weighted by Gasteiger charge is -2.62. The maximum absolute atomic E-state index is 11.3. The van der Waals surface area contributed by atoms with Crippen LogP contribution in [0.4, 0.5) is 0 Å². The van der Waals surface area contributed by atoms with Gasteiger partial charge in [-0.3, -0.25) is 0 Å². The van der Waals surface area contributed by atoms with Crippen molar-refractivity contribution >= 4 is 0 Å². The highest BCUT2D eigenvalue weighted by Crippen LogP contribution is 2.67. The van der Waals surface area contributed by atoms with Gasteiger partial charge in [-0.25, -0.2) is 0 Å². The molecule has 8 atom stereocenters. The van der Waals surface area contributed by atoms with E-state index < -0.39 is 0 Å². The molecule has 0 radical (unpaired) electrons. The van der Waals surface area contributed by atoms with Crippen LogP contribution in [0.2, 0.25) is 0 Å². The highest BCUT2D eigenvalue weighted by atomic mass is 16.3. The van der Waals surface area contributed by atoms with Crippen molar-refractivity contribution in [1.82, 2.24) is 0 Å². The molecule has 138 valence electrons. The van der Waals surface area contributed by atoms with Gasteiger partial charge in [0.05, 0.1) is 6.10 Å². The zero-order valence-corrected chi connectivity index (χ0v) is 15.8. The Bertz CT molecular complexity index is 463. The van der Waals surface area contributed by atoms with Gasteiger partial charge < -0.3 is 10.2 Å². The molecule has 8 unspecified atom stereocenters. The summed E-state index contributed by atoms with van der Waals surface area (Å²) in [5.41, 5.74) is 0.735. The van der Waals surface area contributed by atoms with Gasteiger partial charge >= 0.3 is 0 Å². The first kappa shape index (κ1) is 17.3. The molecule has 4 saturated carbocycles. The van der Waals surface area contributed by atoms with Crippen molar-refractivity contribution in [2.45, 2.75) is 90.6 Å². The number of aliphatic hydroxyl groups excluding tert-OH is 2. The van der Waals surface area contributed by atoms with Crippen LogP contribution >= 0.6 is 0 Å². The van der Waals surface area contributed by atoms with E-state index in [0.717, 1.165) is 42.9 Å². The minimum atomic E-state index is -0.0862. The first-order valence-corrected chi connectivity index (χ1v) is 10.8. The zero-order valence-electron chi connectivity index (χ0n) is 15.8. The molecule has 0 amide bonds. The summed E-state index contributed by atoms with van der Waals surface area (Å²) in [6, 6.07) is 0. The lowest BCUT2D eigenvalue weighted by atomic mass is 9.44. The summed E-state index contributed by atoms with van der Waals surface area (Å²) >= 11 is 0. The average Bonchev–Trinajstić information content (AvgIpc) is 2.87. The molecular weight excluding hydrogens is 296 g/mol. The van der Waals surface area contributed by atoms with Crippen molar-refractivity contribution in [3.05, 3.63) is 0 Å². The molecule has 0 heterocycles. The number of hydrogen-bond acceptors (Lipinski definition) is 2. The van der Waals surface area contributed by atoms with E-state index in [1.165, 1.54) is 51.4 Å². The largest absolute Gasteiger partial charge is 0.396 e. The molecule has 0 bridgehead atoms. The molecule has 0 spiro atoms. The highest BCUT2D eigenvalue weighted by molar-refractivity contribution is 5.11. The molecule has 0 saturated heterocycles. The van der Waals surface area contributed by atoms with Crippen molar-refractivity contribution in [2.24, 2.45) is 40.4 Å². The van der Waals surface area contributed by atoms with Gasteiger partial charge in [-0.05, 0) is 98.2 Å². The summed E-state index contributed by atoms with van der Waals surface area (Å²) in [5, 5.41) is 20.6. The van der Waals surface area contributed by atoms with Gasteiger partial charge in [0.1, 0.15) is 0 Å². The topological polar surface area (TPSA) is 40.5 Å². The van der Waals surface area contributed by atoms with E-state index in [2.05, 4.69) is 13.8 Å². The van der Waals surface area contributed by atoms with E-state index in [0.29, 0.717) is 23.4 Å². The third-order valence-corrected chi connectivity index (χ3v) is 9.42. The molecule has 4 aliphatic rings. The van der Waals surface area contributed by atoms with Gasteiger partial charge in [0, 0.05) is 6.61 Å². The molecule has 0 aromatic rings. The van der Waals surface area contributed by atoms with Crippen LogP contribution < -0.4 is 0 Å². The smallest absolute Gasteiger partial charge is 0.0581 e. The monoisotopic (exact) mass is 334 g/mol. The van der Waals surface area contributed by atoms with Crippen LogP contribution in [0.1, 0.15) is 84.5 Å². The fraction of sp³-hybridized carbons (Fsp3) is 1.00. The van der Waals surface area contributed by atoms with Crippen LogP contribution in [0.15, 0.2) is 0 Å². The lowest BCUT2D eigenvalue weighted by Crippen LogP contribution is -2.58. The highest BCUT2D eigenvalue weighted by Gasteiger charge is 2.62. The van der Waals surface area contributed by atoms with Crippen molar-refractivity contribution in [2.75, 3.05) is 6.61 Å². The molecular formula is C22H38O2. The summed E-state index contributed by atoms with van der Waals surface area (Å²) in [5.74, 6) is 3.75. The van der Waals surface area contributed by atoms with E-state index in [1.807, 2.05) is 0 Å². The van der Waals surface area contributed by atoms with Crippen LogP contribution in [-0.4, -0.2) is 22.9 Å². The molecule has 2 heteroatoms. The van der Waals surface area contributed by atoms with E-state index in [-0.39, 0.29) is 6.10 Å². The van der Waals surface area contributed by atoms with Crippen LogP contribution in [0.3, 0.4) is 0 Å². The first-order valence-electron chi connectivity index (χ1n) is 10.8. The third kappa shape index (κ3) is 2.42. The van der Waals surface area contributed by atoms with Crippen molar-refractivity contribution in [1.29, 1.82) is 0 Å². The third-order valence-electron chi connectivity index (χ3n) is 9.42. The Labute approximate surface area is 148 Å². The maximum Gasteiger partial charge on any atom is 0.0581 e. The summed E-state index contributed by atoms with van der Waals surface area (Å²) in [4.78, 5) is 0. The Morgan fingerprint density at radius 3 is 2.58 bits per heavy atom. The fourth-order valence-corrected chi connectivity index (χ4v) is 8.34. The second-order valence-corrected chi connectivity index (χ2v) is 10.2. The molecule has 24 heavy (non-hydrogen) atoms. The van der Waals surface area contributed by atoms with Gasteiger partial charge in [0.15, 0.2) is 0 Å². The average molecular weight is 335 g/mol. The van der Waals surface area contributed by atoms with Crippen molar-refractivity contribution in [3.8, 4) is 0 Å². The molecule has 2 nitrogen and oxygen atoms in total. The number of fused-ring (bicyclic) bond motifs is 5. The van der Waals surface area contributed by atoms with Crippen LogP contribution in [0.25, 0.3) is 0 Å². The first-order chi connectivity index (χ1) is 11.5. The summed E-state index contributed by atoms with van der Waals surface area (Å²) in [6.07, 6.45) is 14.1. The second kappa shape index (κ2) is 6.27. The van der Waals surface area contributed by atoms with E-state index in [4.69, 9.17) is 0 Å². The summed E-state index contributed by atoms with van der Waals surface area (Å²) in [7, 11) is 0. The molecule has 0 aromatic carbocycles. The van der Waals surface area contributed by atoms with Gasteiger partial charge in [-0.15, -0.1) is 0 Å². The minimum absolute atomic E-state index is 0.0862. The van der Waals surface area contributed by atoms with Gasteiger partial charge in [0.2, 0.25) is 0 Å². The predicted molar refractivity (Wildman–Crippen MR) is 97.5 cm³/mol. The van der Waals surface area contributed by atoms with E-state index in [1.54, 1.807) is 0 Å². The SMILES string of the molecule is CC12CC(O)C3C(CCC4CCCCC43C)C1CCC2CCCO. The Balaban J connectivity index is 1.61.